The summed E-state index contributed by atoms with van der Waals surface area (Å²) in [4.78, 5) is 10.5. The first-order valence-electron chi connectivity index (χ1n) is 7.17. The third kappa shape index (κ3) is 36.0. The van der Waals surface area contributed by atoms with Gasteiger partial charge in [0.1, 0.15) is 5.78 Å². The van der Waals surface area contributed by atoms with Gasteiger partial charge >= 0.3 is 0 Å². The van der Waals surface area contributed by atoms with E-state index in [1.54, 1.807) is 6.92 Å². The van der Waals surface area contributed by atoms with Crippen LogP contribution in [-0.4, -0.2) is 65.9 Å². The number of ether oxygens (including phenoxy) is 1. The molecule has 20 heavy (non-hydrogen) atoms. The number of Topliss-reactive ketones (excluding diaryl/α,β-unsaturated/α-hetero) is 1. The van der Waals surface area contributed by atoms with Crippen LogP contribution in [0.1, 0.15) is 46.0 Å². The molecule has 0 saturated heterocycles. The molecule has 6 heteroatoms. The molecule has 0 amide bonds. The molecule has 0 aromatic rings. The molecular weight excluding hydrogens is 264 g/mol. The topological polar surface area (TPSA) is 107 Å². The maximum atomic E-state index is 10.5. The molecule has 1 saturated carbocycles. The fourth-order valence-corrected chi connectivity index (χ4v) is 1.16. The van der Waals surface area contributed by atoms with Gasteiger partial charge in [0.2, 0.25) is 0 Å². The van der Waals surface area contributed by atoms with Crippen LogP contribution >= 0.6 is 0 Å². The highest BCUT2D eigenvalue weighted by atomic mass is 16.5. The Morgan fingerprint density at radius 3 is 1.50 bits per heavy atom. The van der Waals surface area contributed by atoms with Gasteiger partial charge in [0, 0.05) is 26.1 Å². The number of hydrogen-bond donors (Lipinski definition) is 4. The monoisotopic (exact) mass is 296 g/mol. The summed E-state index contributed by atoms with van der Waals surface area (Å²) >= 11 is 0. The number of hydrogen-bond acceptors (Lipinski definition) is 6. The van der Waals surface area contributed by atoms with Crippen molar-refractivity contribution in [1.82, 2.24) is 0 Å². The van der Waals surface area contributed by atoms with E-state index in [0.717, 1.165) is 25.7 Å². The summed E-state index contributed by atoms with van der Waals surface area (Å²) in [5, 5.41) is 30.9. The number of carbonyl (C=O) groups is 1. The fraction of sp³-hybridized carbons (Fsp3) is 0.929. The molecule has 0 aromatic carbocycles. The predicted molar refractivity (Wildman–Crippen MR) is 78.6 cm³/mol. The van der Waals surface area contributed by atoms with E-state index in [0.29, 0.717) is 19.0 Å². The molecule has 0 spiro atoms. The minimum atomic E-state index is -0.125. The highest BCUT2D eigenvalue weighted by Crippen LogP contribution is 2.12. The number of rotatable bonds is 4. The van der Waals surface area contributed by atoms with Gasteiger partial charge in [-0.25, -0.2) is 0 Å². The van der Waals surface area contributed by atoms with E-state index in [-0.39, 0.29) is 26.4 Å². The van der Waals surface area contributed by atoms with Crippen molar-refractivity contribution in [2.45, 2.75) is 46.0 Å². The van der Waals surface area contributed by atoms with Crippen LogP contribution in [0.5, 0.6) is 0 Å². The zero-order chi connectivity index (χ0) is 16.1. The van der Waals surface area contributed by atoms with Gasteiger partial charge in [-0.05, 0) is 26.7 Å². The van der Waals surface area contributed by atoms with Gasteiger partial charge in [0.15, 0.2) is 0 Å². The first kappa shape index (κ1) is 24.5. The number of aliphatic hydroxyl groups excluding tert-OH is 4. The standard InChI is InChI=1S/C6H10O.C4H10O2.C2H6O2.C2H6O/c7-6-4-2-1-3-5-6;1-2-6-4-3-5;3-1-2-4;1-2-3/h1-5H2;5H,2-4H2,1H3;3-4H,1-2H2;3H,2H2,1H3. The van der Waals surface area contributed by atoms with Crippen LogP contribution < -0.4 is 0 Å². The van der Waals surface area contributed by atoms with Crippen LogP contribution in [0.25, 0.3) is 0 Å². The van der Waals surface area contributed by atoms with Crippen LogP contribution in [0.4, 0.5) is 0 Å². The lowest BCUT2D eigenvalue weighted by molar-refractivity contribution is -0.120. The second-order valence-electron chi connectivity index (χ2n) is 3.78. The number of carbonyl (C=O) groups excluding carboxylic acids is 1. The van der Waals surface area contributed by atoms with E-state index in [9.17, 15) is 4.79 Å². The molecule has 1 fully saturated rings. The second kappa shape index (κ2) is 26.9. The highest BCUT2D eigenvalue weighted by Gasteiger charge is 2.05. The van der Waals surface area contributed by atoms with Crippen molar-refractivity contribution >= 4 is 5.78 Å². The SMILES string of the molecule is CCO.CCOCCO.O=C1CCCCC1.OCCO. The maximum Gasteiger partial charge on any atom is 0.132 e. The minimum Gasteiger partial charge on any atom is -0.397 e. The van der Waals surface area contributed by atoms with Crippen LogP contribution in [0.2, 0.25) is 0 Å². The Hall–Kier alpha value is -0.530. The van der Waals surface area contributed by atoms with E-state index in [1.165, 1.54) is 6.42 Å². The quantitative estimate of drug-likeness (QED) is 0.563. The maximum absolute atomic E-state index is 10.5. The largest absolute Gasteiger partial charge is 0.397 e. The summed E-state index contributed by atoms with van der Waals surface area (Å²) in [5.74, 6) is 0.464. The van der Waals surface area contributed by atoms with Gasteiger partial charge in [-0.2, -0.15) is 0 Å². The molecule has 1 rings (SSSR count). The lowest BCUT2D eigenvalue weighted by Gasteiger charge is -2.05. The third-order valence-electron chi connectivity index (χ3n) is 1.95. The summed E-state index contributed by atoms with van der Waals surface area (Å²) in [5.41, 5.74) is 0. The number of ketones is 1. The van der Waals surface area contributed by atoms with Crippen molar-refractivity contribution < 1.29 is 30.0 Å². The summed E-state index contributed by atoms with van der Waals surface area (Å²) in [6, 6.07) is 0. The molecule has 0 aliphatic heterocycles. The second-order valence-corrected chi connectivity index (χ2v) is 3.78. The summed E-state index contributed by atoms with van der Waals surface area (Å²) in [7, 11) is 0. The van der Waals surface area contributed by atoms with E-state index in [4.69, 9.17) is 25.2 Å². The average molecular weight is 296 g/mol. The summed E-state index contributed by atoms with van der Waals surface area (Å²) in [6.45, 7) is 4.88. The van der Waals surface area contributed by atoms with Gasteiger partial charge in [0.25, 0.3) is 0 Å². The predicted octanol–water partition coefficient (Wildman–Crippen LogP) is 0.504. The van der Waals surface area contributed by atoms with Gasteiger partial charge in [0.05, 0.1) is 26.4 Å². The number of aliphatic hydroxyl groups is 4. The molecule has 124 valence electrons. The van der Waals surface area contributed by atoms with Crippen molar-refractivity contribution in [3.63, 3.8) is 0 Å². The molecule has 1 aliphatic carbocycles. The zero-order valence-corrected chi connectivity index (χ0v) is 12.9. The van der Waals surface area contributed by atoms with Crippen molar-refractivity contribution in [3.8, 4) is 0 Å². The lowest BCUT2D eigenvalue weighted by atomic mass is 10.00. The lowest BCUT2D eigenvalue weighted by Crippen LogP contribution is -2.02. The van der Waals surface area contributed by atoms with Crippen molar-refractivity contribution in [2.24, 2.45) is 0 Å². The van der Waals surface area contributed by atoms with E-state index in [2.05, 4.69) is 0 Å². The molecule has 0 radical (unpaired) electrons. The van der Waals surface area contributed by atoms with Crippen molar-refractivity contribution in [2.75, 3.05) is 39.6 Å². The van der Waals surface area contributed by atoms with Crippen LogP contribution in [0.15, 0.2) is 0 Å². The molecule has 4 N–H and O–H groups in total. The van der Waals surface area contributed by atoms with Crippen molar-refractivity contribution in [1.29, 1.82) is 0 Å². The highest BCUT2D eigenvalue weighted by molar-refractivity contribution is 5.78. The van der Waals surface area contributed by atoms with Crippen molar-refractivity contribution in [3.05, 3.63) is 0 Å². The van der Waals surface area contributed by atoms with Crippen LogP contribution in [0.3, 0.4) is 0 Å². The zero-order valence-electron chi connectivity index (χ0n) is 12.9. The first-order valence-corrected chi connectivity index (χ1v) is 7.17. The van der Waals surface area contributed by atoms with Crippen LogP contribution in [0, 0.1) is 0 Å². The first-order chi connectivity index (χ1) is 9.64. The molecule has 0 aromatic heterocycles. The fourth-order valence-electron chi connectivity index (χ4n) is 1.16. The molecule has 0 atom stereocenters. The van der Waals surface area contributed by atoms with E-state index in [1.807, 2.05) is 6.92 Å². The van der Waals surface area contributed by atoms with E-state index >= 15 is 0 Å². The Morgan fingerprint density at radius 1 is 0.900 bits per heavy atom. The van der Waals surface area contributed by atoms with Gasteiger partial charge < -0.3 is 25.2 Å². The molecule has 0 bridgehead atoms. The molecule has 6 nitrogen and oxygen atoms in total. The summed E-state index contributed by atoms with van der Waals surface area (Å²) in [6.07, 6.45) is 5.24. The smallest absolute Gasteiger partial charge is 0.132 e. The Labute approximate surface area is 122 Å². The third-order valence-corrected chi connectivity index (χ3v) is 1.95. The van der Waals surface area contributed by atoms with E-state index < -0.39 is 0 Å². The van der Waals surface area contributed by atoms with Gasteiger partial charge in [-0.1, -0.05) is 6.42 Å². The Bertz CT molecular complexity index is 150. The minimum absolute atomic E-state index is 0.125. The Kier molecular flexibility index (Phi) is 33.0. The molecule has 0 unspecified atom stereocenters. The molecular formula is C14H32O6. The van der Waals surface area contributed by atoms with Crippen LogP contribution in [-0.2, 0) is 9.53 Å². The van der Waals surface area contributed by atoms with Gasteiger partial charge in [-0.3, -0.25) is 4.79 Å². The average Bonchev–Trinajstić information content (AvgIpc) is 2.47. The van der Waals surface area contributed by atoms with Gasteiger partial charge in [-0.15, -0.1) is 0 Å². The molecule has 0 heterocycles. The normalized spacial score (nSPS) is 13.0. The Balaban J connectivity index is -0.000000204. The molecule has 1 aliphatic rings. The Morgan fingerprint density at radius 2 is 1.35 bits per heavy atom. The summed E-state index contributed by atoms with van der Waals surface area (Å²) < 4.78 is 4.73.